The minimum Gasteiger partial charge on any atom is -0.462 e. The molecule has 0 N–H and O–H groups in total. The highest BCUT2D eigenvalue weighted by Crippen LogP contribution is 2.54. The van der Waals surface area contributed by atoms with Crippen molar-refractivity contribution in [3.05, 3.63) is 0 Å². The summed E-state index contributed by atoms with van der Waals surface area (Å²) in [6, 6.07) is 0. The number of rotatable bonds is 0. The summed E-state index contributed by atoms with van der Waals surface area (Å²) in [5.41, 5.74) is -0.187. The predicted octanol–water partition coefficient (Wildman–Crippen LogP) is 1.12. The van der Waals surface area contributed by atoms with Gasteiger partial charge in [-0.15, -0.1) is 0 Å². The lowest BCUT2D eigenvalue weighted by Crippen LogP contribution is -2.57. The molecule has 1 saturated carbocycles. The van der Waals surface area contributed by atoms with Crippen molar-refractivity contribution in [2.75, 3.05) is 13.2 Å². The predicted molar refractivity (Wildman–Crippen MR) is 45.1 cm³/mol. The van der Waals surface area contributed by atoms with E-state index in [1.165, 1.54) is 12.8 Å². The summed E-state index contributed by atoms with van der Waals surface area (Å²) in [7, 11) is 0. The van der Waals surface area contributed by atoms with Crippen LogP contribution in [-0.4, -0.2) is 24.8 Å². The summed E-state index contributed by atoms with van der Waals surface area (Å²) >= 11 is 0. The van der Waals surface area contributed by atoms with Crippen LogP contribution in [0.2, 0.25) is 0 Å². The van der Waals surface area contributed by atoms with Gasteiger partial charge in [0.25, 0.3) is 0 Å². The van der Waals surface area contributed by atoms with Crippen molar-refractivity contribution in [1.82, 2.24) is 0 Å². The van der Waals surface area contributed by atoms with Gasteiger partial charge in [-0.05, 0) is 25.2 Å². The van der Waals surface area contributed by atoms with Crippen LogP contribution in [0.3, 0.4) is 0 Å². The number of esters is 1. The van der Waals surface area contributed by atoms with E-state index in [-0.39, 0.29) is 17.5 Å². The lowest BCUT2D eigenvalue weighted by atomic mass is 9.61. The van der Waals surface area contributed by atoms with Crippen molar-refractivity contribution >= 4 is 5.97 Å². The van der Waals surface area contributed by atoms with Crippen LogP contribution in [-0.2, 0) is 14.3 Å². The summed E-state index contributed by atoms with van der Waals surface area (Å²) in [4.78, 5) is 11.3. The summed E-state index contributed by atoms with van der Waals surface area (Å²) < 4.78 is 10.9. The number of hydrogen-bond donors (Lipinski definition) is 0. The van der Waals surface area contributed by atoms with Crippen LogP contribution in [0.25, 0.3) is 0 Å². The zero-order valence-electron chi connectivity index (χ0n) is 7.62. The molecule has 0 aromatic carbocycles. The Kier molecular flexibility index (Phi) is 1.48. The van der Waals surface area contributed by atoms with Gasteiger partial charge in [0, 0.05) is 6.61 Å². The Bertz CT molecular complexity index is 251. The molecule has 3 rings (SSSR count). The van der Waals surface area contributed by atoms with Crippen molar-refractivity contribution in [3.8, 4) is 0 Å². The zero-order valence-corrected chi connectivity index (χ0v) is 7.62. The van der Waals surface area contributed by atoms with E-state index in [1.807, 2.05) is 0 Å². The molecule has 2 heterocycles. The van der Waals surface area contributed by atoms with E-state index in [2.05, 4.69) is 0 Å². The van der Waals surface area contributed by atoms with Crippen LogP contribution in [0, 0.1) is 11.8 Å². The minimum absolute atomic E-state index is 0.0295. The van der Waals surface area contributed by atoms with Crippen molar-refractivity contribution in [2.45, 2.75) is 31.3 Å². The first-order chi connectivity index (χ1) is 6.33. The molecule has 13 heavy (non-hydrogen) atoms. The molecule has 0 bridgehead atoms. The molecule has 3 aliphatic rings. The fourth-order valence-corrected chi connectivity index (χ4v) is 2.98. The molecule has 3 atom stereocenters. The Labute approximate surface area is 77.4 Å². The standard InChI is InChI=1S/C10H14O3/c11-9-8-5-7-3-1-2-4-13-10(7,8)6-12-9/h7-8H,1-6H2/t7-,8+,10-/m1/s1. The van der Waals surface area contributed by atoms with Gasteiger partial charge < -0.3 is 9.47 Å². The van der Waals surface area contributed by atoms with Gasteiger partial charge in [0.15, 0.2) is 0 Å². The van der Waals surface area contributed by atoms with Gasteiger partial charge in [-0.2, -0.15) is 0 Å². The Morgan fingerprint density at radius 2 is 2.31 bits per heavy atom. The van der Waals surface area contributed by atoms with Crippen LogP contribution in [0.15, 0.2) is 0 Å². The van der Waals surface area contributed by atoms with E-state index in [0.29, 0.717) is 12.5 Å². The summed E-state index contributed by atoms with van der Waals surface area (Å²) in [5.74, 6) is 0.625. The van der Waals surface area contributed by atoms with Gasteiger partial charge >= 0.3 is 5.97 Å². The van der Waals surface area contributed by atoms with E-state index in [4.69, 9.17) is 9.47 Å². The number of hydrogen-bond acceptors (Lipinski definition) is 3. The van der Waals surface area contributed by atoms with E-state index in [1.54, 1.807) is 0 Å². The highest BCUT2D eigenvalue weighted by atomic mass is 16.6. The van der Waals surface area contributed by atoms with Crippen LogP contribution < -0.4 is 0 Å². The quantitative estimate of drug-likeness (QED) is 0.526. The van der Waals surface area contributed by atoms with Crippen LogP contribution in [0.5, 0.6) is 0 Å². The molecule has 3 nitrogen and oxygen atoms in total. The third-order valence-electron chi connectivity index (χ3n) is 3.84. The third kappa shape index (κ3) is 0.857. The summed E-state index contributed by atoms with van der Waals surface area (Å²) in [6.07, 6.45) is 4.60. The molecular weight excluding hydrogens is 168 g/mol. The summed E-state index contributed by atoms with van der Waals surface area (Å²) in [6.45, 7) is 1.32. The summed E-state index contributed by atoms with van der Waals surface area (Å²) in [5, 5.41) is 0. The molecule has 2 saturated heterocycles. The van der Waals surface area contributed by atoms with Crippen molar-refractivity contribution in [1.29, 1.82) is 0 Å². The second-order valence-electron chi connectivity index (χ2n) is 4.39. The minimum atomic E-state index is -0.187. The normalized spacial score (nSPS) is 48.5. The Hall–Kier alpha value is -0.570. The lowest BCUT2D eigenvalue weighted by Gasteiger charge is -2.47. The first-order valence-corrected chi connectivity index (χ1v) is 5.13. The molecule has 3 heteroatoms. The van der Waals surface area contributed by atoms with Gasteiger partial charge in [0.05, 0.1) is 5.92 Å². The van der Waals surface area contributed by atoms with Crippen molar-refractivity contribution in [3.63, 3.8) is 0 Å². The van der Waals surface area contributed by atoms with Crippen molar-refractivity contribution < 1.29 is 14.3 Å². The van der Waals surface area contributed by atoms with Crippen LogP contribution in [0.1, 0.15) is 25.7 Å². The van der Waals surface area contributed by atoms with Gasteiger partial charge in [-0.25, -0.2) is 0 Å². The van der Waals surface area contributed by atoms with E-state index < -0.39 is 0 Å². The topological polar surface area (TPSA) is 35.5 Å². The van der Waals surface area contributed by atoms with E-state index in [0.717, 1.165) is 19.4 Å². The van der Waals surface area contributed by atoms with Gasteiger partial charge in [0.2, 0.25) is 0 Å². The number of ether oxygens (including phenoxy) is 2. The molecule has 1 aliphatic carbocycles. The third-order valence-corrected chi connectivity index (χ3v) is 3.84. The van der Waals surface area contributed by atoms with Gasteiger partial charge in [-0.1, -0.05) is 6.42 Å². The van der Waals surface area contributed by atoms with Gasteiger partial charge in [-0.3, -0.25) is 4.79 Å². The van der Waals surface area contributed by atoms with Crippen LogP contribution in [0.4, 0.5) is 0 Å². The Morgan fingerprint density at radius 3 is 3.15 bits per heavy atom. The molecule has 2 aliphatic heterocycles. The smallest absolute Gasteiger partial charge is 0.312 e. The molecular formula is C10H14O3. The average molecular weight is 182 g/mol. The number of carbonyl (C=O) groups excluding carboxylic acids is 1. The molecule has 1 spiro atoms. The molecule has 0 aromatic rings. The SMILES string of the molecule is O=C1OC[C@@]23OCCCC[C@@H]2C[C@@H]13. The highest BCUT2D eigenvalue weighted by Gasteiger charge is 2.64. The number of cyclic esters (lactones) is 1. The molecule has 0 aromatic heterocycles. The second kappa shape index (κ2) is 2.47. The largest absolute Gasteiger partial charge is 0.462 e. The zero-order chi connectivity index (χ0) is 8.89. The maximum atomic E-state index is 11.3. The maximum absolute atomic E-state index is 11.3. The second-order valence-corrected chi connectivity index (χ2v) is 4.39. The Balaban J connectivity index is 1.88. The van der Waals surface area contributed by atoms with E-state index >= 15 is 0 Å². The van der Waals surface area contributed by atoms with Crippen LogP contribution >= 0.6 is 0 Å². The first kappa shape index (κ1) is 7.80. The fraction of sp³-hybridized carbons (Fsp3) is 0.900. The Morgan fingerprint density at radius 1 is 1.38 bits per heavy atom. The van der Waals surface area contributed by atoms with E-state index in [9.17, 15) is 4.79 Å². The molecule has 0 amide bonds. The molecule has 3 fully saturated rings. The fourth-order valence-electron chi connectivity index (χ4n) is 2.98. The highest BCUT2D eigenvalue weighted by molar-refractivity contribution is 5.78. The lowest BCUT2D eigenvalue weighted by molar-refractivity contribution is -0.167. The molecule has 0 unspecified atom stereocenters. The maximum Gasteiger partial charge on any atom is 0.312 e. The first-order valence-electron chi connectivity index (χ1n) is 5.13. The average Bonchev–Trinajstić information content (AvgIpc) is 2.25. The number of carbonyl (C=O) groups is 1. The van der Waals surface area contributed by atoms with Gasteiger partial charge in [0.1, 0.15) is 12.2 Å². The van der Waals surface area contributed by atoms with Crippen molar-refractivity contribution in [2.24, 2.45) is 11.8 Å². The molecule has 72 valence electrons. The monoisotopic (exact) mass is 182 g/mol. The molecule has 0 radical (unpaired) electrons.